The number of halogens is 1. The molecule has 150 valence electrons. The zero-order valence-electron chi connectivity index (χ0n) is 15.8. The third-order valence-corrected chi connectivity index (χ3v) is 5.60. The highest BCUT2D eigenvalue weighted by Gasteiger charge is 2.35. The SMILES string of the molecule is O=C(NCC1CN(c2ccc(N3Cc4cccnc4C3)c(F)c2)C(=O)O1)C1CC1. The van der Waals surface area contributed by atoms with Gasteiger partial charge >= 0.3 is 6.09 Å². The Balaban J connectivity index is 1.25. The molecule has 0 radical (unpaired) electrons. The fraction of sp³-hybridized carbons (Fsp3) is 0.381. The minimum absolute atomic E-state index is 0.0102. The van der Waals surface area contributed by atoms with Crippen molar-refractivity contribution in [3.63, 3.8) is 0 Å². The number of benzene rings is 1. The number of pyridine rings is 1. The third kappa shape index (κ3) is 3.50. The number of amides is 2. The summed E-state index contributed by atoms with van der Waals surface area (Å²) in [6.07, 6.45) is 2.62. The summed E-state index contributed by atoms with van der Waals surface area (Å²) in [5, 5.41) is 2.82. The average molecular weight is 396 g/mol. The van der Waals surface area contributed by atoms with Crippen molar-refractivity contribution in [1.29, 1.82) is 0 Å². The van der Waals surface area contributed by atoms with E-state index in [2.05, 4.69) is 10.3 Å². The summed E-state index contributed by atoms with van der Waals surface area (Å²) in [6.45, 7) is 1.72. The summed E-state index contributed by atoms with van der Waals surface area (Å²) in [5.41, 5.74) is 2.97. The van der Waals surface area contributed by atoms with E-state index in [0.717, 1.165) is 24.1 Å². The Morgan fingerprint density at radius 1 is 1.28 bits per heavy atom. The molecule has 0 bridgehead atoms. The zero-order chi connectivity index (χ0) is 20.0. The van der Waals surface area contributed by atoms with Crippen molar-refractivity contribution < 1.29 is 18.7 Å². The number of nitrogens with one attached hydrogen (secondary N) is 1. The first-order valence-electron chi connectivity index (χ1n) is 9.81. The molecule has 5 rings (SSSR count). The molecule has 1 aromatic heterocycles. The van der Waals surface area contributed by atoms with Crippen LogP contribution >= 0.6 is 0 Å². The van der Waals surface area contributed by atoms with Crippen LogP contribution in [0.4, 0.5) is 20.6 Å². The van der Waals surface area contributed by atoms with Gasteiger partial charge in [0.15, 0.2) is 0 Å². The number of fused-ring (bicyclic) bond motifs is 1. The summed E-state index contributed by atoms with van der Waals surface area (Å²) < 4.78 is 20.2. The highest BCUT2D eigenvalue weighted by molar-refractivity contribution is 5.90. The van der Waals surface area contributed by atoms with Crippen LogP contribution in [0.2, 0.25) is 0 Å². The molecule has 0 spiro atoms. The number of cyclic esters (lactones) is 1. The summed E-state index contributed by atoms with van der Waals surface area (Å²) in [5.74, 6) is -0.277. The fourth-order valence-electron chi connectivity index (χ4n) is 3.83. The van der Waals surface area contributed by atoms with Crippen molar-refractivity contribution in [3.8, 4) is 0 Å². The van der Waals surface area contributed by atoms with Crippen LogP contribution < -0.4 is 15.1 Å². The Hall–Kier alpha value is -3.16. The van der Waals surface area contributed by atoms with Crippen molar-refractivity contribution in [2.45, 2.75) is 32.0 Å². The Morgan fingerprint density at radius 3 is 2.90 bits per heavy atom. The van der Waals surface area contributed by atoms with Gasteiger partial charge in [-0.1, -0.05) is 6.07 Å². The van der Waals surface area contributed by atoms with Crippen LogP contribution in [0, 0.1) is 11.7 Å². The van der Waals surface area contributed by atoms with E-state index in [9.17, 15) is 14.0 Å². The van der Waals surface area contributed by atoms with E-state index in [1.807, 2.05) is 17.0 Å². The molecular formula is C21H21FN4O3. The Labute approximate surface area is 167 Å². The van der Waals surface area contributed by atoms with Gasteiger partial charge in [0.25, 0.3) is 0 Å². The highest BCUT2D eigenvalue weighted by atomic mass is 19.1. The molecule has 1 aromatic carbocycles. The maximum Gasteiger partial charge on any atom is 0.414 e. The molecule has 7 nitrogen and oxygen atoms in total. The largest absolute Gasteiger partial charge is 0.442 e. The molecule has 3 heterocycles. The van der Waals surface area contributed by atoms with E-state index in [4.69, 9.17) is 4.74 Å². The molecule has 8 heteroatoms. The van der Waals surface area contributed by atoms with Gasteiger partial charge in [-0.05, 0) is 42.7 Å². The van der Waals surface area contributed by atoms with Crippen molar-refractivity contribution in [3.05, 3.63) is 53.6 Å². The number of carbonyl (C=O) groups is 2. The Bertz CT molecular complexity index is 953. The predicted octanol–water partition coefficient (Wildman–Crippen LogP) is 2.59. The van der Waals surface area contributed by atoms with Gasteiger partial charge < -0.3 is 15.0 Å². The predicted molar refractivity (Wildman–Crippen MR) is 104 cm³/mol. The monoisotopic (exact) mass is 396 g/mol. The maximum absolute atomic E-state index is 14.9. The van der Waals surface area contributed by atoms with Crippen LogP contribution in [0.5, 0.6) is 0 Å². The second-order valence-corrected chi connectivity index (χ2v) is 7.74. The fourth-order valence-corrected chi connectivity index (χ4v) is 3.83. The van der Waals surface area contributed by atoms with E-state index in [1.165, 1.54) is 11.0 Å². The van der Waals surface area contributed by atoms with Gasteiger partial charge in [-0.25, -0.2) is 9.18 Å². The minimum atomic E-state index is -0.527. The molecule has 1 aliphatic carbocycles. The first kappa shape index (κ1) is 17.9. The molecule has 1 unspecified atom stereocenters. The van der Waals surface area contributed by atoms with Gasteiger partial charge in [-0.15, -0.1) is 0 Å². The molecule has 1 saturated heterocycles. The lowest BCUT2D eigenvalue weighted by Gasteiger charge is -2.20. The Kier molecular flexibility index (Phi) is 4.34. The summed E-state index contributed by atoms with van der Waals surface area (Å²) >= 11 is 0. The zero-order valence-corrected chi connectivity index (χ0v) is 15.8. The quantitative estimate of drug-likeness (QED) is 0.841. The molecule has 3 aliphatic rings. The number of hydrogen-bond donors (Lipinski definition) is 1. The molecule has 1 N–H and O–H groups in total. The standard InChI is InChI=1S/C21H21FN4O3/c22-17-8-15(5-6-19(17)25-10-14-2-1-7-23-18(14)12-25)26-11-16(29-21(26)28)9-24-20(27)13-3-4-13/h1-2,5-8,13,16H,3-4,9-12H2,(H,24,27). The average Bonchev–Trinajstić information content (AvgIpc) is 3.37. The maximum atomic E-state index is 14.9. The lowest BCUT2D eigenvalue weighted by molar-refractivity contribution is -0.122. The van der Waals surface area contributed by atoms with Gasteiger partial charge in [0.1, 0.15) is 11.9 Å². The van der Waals surface area contributed by atoms with E-state index in [0.29, 0.717) is 24.5 Å². The van der Waals surface area contributed by atoms with Crippen LogP contribution in [0.1, 0.15) is 24.1 Å². The second kappa shape index (κ2) is 7.02. The molecule has 1 saturated carbocycles. The molecule has 29 heavy (non-hydrogen) atoms. The number of ether oxygens (including phenoxy) is 1. The first-order chi connectivity index (χ1) is 14.1. The van der Waals surface area contributed by atoms with Crippen molar-refractivity contribution in [1.82, 2.24) is 10.3 Å². The molecule has 1 atom stereocenters. The second-order valence-electron chi connectivity index (χ2n) is 7.74. The highest BCUT2D eigenvalue weighted by Crippen LogP contribution is 2.32. The lowest BCUT2D eigenvalue weighted by Crippen LogP contribution is -2.35. The van der Waals surface area contributed by atoms with Crippen LogP contribution in [0.25, 0.3) is 0 Å². The van der Waals surface area contributed by atoms with Crippen LogP contribution in [0.15, 0.2) is 36.5 Å². The lowest BCUT2D eigenvalue weighted by atomic mass is 10.2. The number of nitrogens with zero attached hydrogens (tertiary/aromatic N) is 3. The first-order valence-corrected chi connectivity index (χ1v) is 9.81. The summed E-state index contributed by atoms with van der Waals surface area (Å²) in [7, 11) is 0. The van der Waals surface area contributed by atoms with E-state index in [-0.39, 0.29) is 24.9 Å². The van der Waals surface area contributed by atoms with Gasteiger partial charge in [0.2, 0.25) is 5.91 Å². The summed E-state index contributed by atoms with van der Waals surface area (Å²) in [6, 6.07) is 8.65. The Morgan fingerprint density at radius 2 is 2.14 bits per heavy atom. The van der Waals surface area contributed by atoms with Crippen LogP contribution in [-0.2, 0) is 22.6 Å². The van der Waals surface area contributed by atoms with Crippen molar-refractivity contribution in [2.24, 2.45) is 5.92 Å². The number of aromatic nitrogens is 1. The number of rotatable bonds is 5. The van der Waals surface area contributed by atoms with Crippen LogP contribution in [-0.4, -0.2) is 36.2 Å². The molecule has 2 aromatic rings. The van der Waals surface area contributed by atoms with Gasteiger partial charge in [0, 0.05) is 18.7 Å². The molecule has 2 aliphatic heterocycles. The summed E-state index contributed by atoms with van der Waals surface area (Å²) in [4.78, 5) is 31.7. The van der Waals surface area contributed by atoms with Crippen LogP contribution in [0.3, 0.4) is 0 Å². The van der Waals surface area contributed by atoms with E-state index in [1.54, 1.807) is 18.3 Å². The topological polar surface area (TPSA) is 74.8 Å². The minimum Gasteiger partial charge on any atom is -0.442 e. The normalized spacial score (nSPS) is 20.6. The number of hydrogen-bond acceptors (Lipinski definition) is 5. The van der Waals surface area contributed by atoms with E-state index >= 15 is 0 Å². The van der Waals surface area contributed by atoms with Gasteiger partial charge in [-0.2, -0.15) is 0 Å². The number of anilines is 2. The van der Waals surface area contributed by atoms with E-state index < -0.39 is 18.0 Å². The molecule has 2 amide bonds. The smallest absolute Gasteiger partial charge is 0.414 e. The number of carbonyl (C=O) groups excluding carboxylic acids is 2. The molecule has 2 fully saturated rings. The van der Waals surface area contributed by atoms with Crippen molar-refractivity contribution in [2.75, 3.05) is 22.9 Å². The van der Waals surface area contributed by atoms with Crippen molar-refractivity contribution >= 4 is 23.4 Å². The molecular weight excluding hydrogens is 375 g/mol. The van der Waals surface area contributed by atoms with Gasteiger partial charge in [0.05, 0.1) is 36.7 Å². The third-order valence-electron chi connectivity index (χ3n) is 5.60. The van der Waals surface area contributed by atoms with Gasteiger partial charge in [-0.3, -0.25) is 14.7 Å².